The Morgan fingerprint density at radius 2 is 1.46 bits per heavy atom. The van der Waals surface area contributed by atoms with Gasteiger partial charge in [0.1, 0.15) is 6.61 Å². The second kappa shape index (κ2) is 10.1. The molecule has 3 aliphatic carbocycles. The van der Waals surface area contributed by atoms with Gasteiger partial charge in [0.15, 0.2) is 0 Å². The van der Waals surface area contributed by atoms with Crippen LogP contribution in [0.15, 0.2) is 48.5 Å². The van der Waals surface area contributed by atoms with E-state index in [1.165, 1.54) is 22.3 Å². The number of fused-ring (bicyclic) bond motifs is 3. The number of ether oxygens (including phenoxy) is 1. The van der Waals surface area contributed by atoms with Gasteiger partial charge in [0.25, 0.3) is 0 Å². The van der Waals surface area contributed by atoms with Crippen molar-refractivity contribution in [2.45, 2.75) is 62.9 Å². The van der Waals surface area contributed by atoms with Crippen molar-refractivity contribution in [2.75, 3.05) is 6.61 Å². The highest BCUT2D eigenvalue weighted by Gasteiger charge is 2.34. The lowest BCUT2D eigenvalue weighted by Gasteiger charge is -2.18. The summed E-state index contributed by atoms with van der Waals surface area (Å²) in [5.74, 6) is -0.730. The van der Waals surface area contributed by atoms with E-state index in [1.807, 2.05) is 24.3 Å². The first kappa shape index (κ1) is 23.4. The standard InChI is InChI=1S/C28H32N2O5/c31-26(32)14-17-9-11-19(13-17)29-27(33)18-10-12-20(15-18)30-28(34)35-16-25-23-7-3-1-5-21(23)22-6-2-4-8-24(22)25/h1-8,17-20,25H,9-16H2,(H,29,33)(H,30,34)(H,31,32)/t17-,18?,19+,20?/m1/s1. The Morgan fingerprint density at radius 1 is 0.829 bits per heavy atom. The molecule has 2 unspecified atom stereocenters. The summed E-state index contributed by atoms with van der Waals surface area (Å²) in [5, 5.41) is 15.0. The molecule has 2 amide bonds. The number of carbonyl (C=O) groups excluding carboxylic acids is 2. The molecule has 7 nitrogen and oxygen atoms in total. The van der Waals surface area contributed by atoms with Crippen molar-refractivity contribution in [3.8, 4) is 11.1 Å². The van der Waals surface area contributed by atoms with Gasteiger partial charge >= 0.3 is 12.1 Å². The SMILES string of the molecule is O=C(O)C[C@@H]1CC[C@H](NC(=O)C2CCC(NC(=O)OCC3c4ccccc4-c4ccccc43)C2)C1. The monoisotopic (exact) mass is 476 g/mol. The van der Waals surface area contributed by atoms with Crippen LogP contribution in [0.3, 0.4) is 0 Å². The van der Waals surface area contributed by atoms with Gasteiger partial charge in [-0.05, 0) is 66.7 Å². The molecule has 5 rings (SSSR count). The Labute approximate surface area is 205 Å². The van der Waals surface area contributed by atoms with Crippen molar-refractivity contribution in [1.82, 2.24) is 10.6 Å². The van der Waals surface area contributed by atoms with E-state index >= 15 is 0 Å². The maximum Gasteiger partial charge on any atom is 0.407 e. The van der Waals surface area contributed by atoms with Crippen molar-refractivity contribution < 1.29 is 24.2 Å². The van der Waals surface area contributed by atoms with Gasteiger partial charge in [0, 0.05) is 30.3 Å². The van der Waals surface area contributed by atoms with Crippen LogP contribution in [0.1, 0.15) is 62.0 Å². The maximum atomic E-state index is 12.7. The molecule has 0 bridgehead atoms. The number of benzene rings is 2. The molecule has 2 aromatic rings. The molecule has 2 fully saturated rings. The number of hydrogen-bond acceptors (Lipinski definition) is 4. The average molecular weight is 477 g/mol. The van der Waals surface area contributed by atoms with Crippen molar-refractivity contribution >= 4 is 18.0 Å². The Bertz CT molecular complexity index is 1070. The minimum atomic E-state index is -0.778. The molecule has 4 atom stereocenters. The molecule has 0 heterocycles. The quantitative estimate of drug-likeness (QED) is 0.548. The highest BCUT2D eigenvalue weighted by molar-refractivity contribution is 5.80. The van der Waals surface area contributed by atoms with Crippen molar-refractivity contribution in [3.05, 3.63) is 59.7 Å². The molecule has 184 valence electrons. The lowest BCUT2D eigenvalue weighted by molar-refractivity contribution is -0.138. The van der Waals surface area contributed by atoms with Gasteiger partial charge in [-0.2, -0.15) is 0 Å². The zero-order chi connectivity index (χ0) is 24.4. The fourth-order valence-corrected chi connectivity index (χ4v) is 6.11. The van der Waals surface area contributed by atoms with E-state index in [0.29, 0.717) is 6.42 Å². The highest BCUT2D eigenvalue weighted by Crippen LogP contribution is 2.44. The van der Waals surface area contributed by atoms with Crippen LogP contribution in [0.4, 0.5) is 4.79 Å². The third-order valence-corrected chi connectivity index (χ3v) is 7.82. The average Bonchev–Trinajstić information content (AvgIpc) is 3.55. The molecule has 0 aromatic heterocycles. The summed E-state index contributed by atoms with van der Waals surface area (Å²) in [6.45, 7) is 0.273. The topological polar surface area (TPSA) is 105 Å². The van der Waals surface area contributed by atoms with Crippen LogP contribution in [0.5, 0.6) is 0 Å². The zero-order valence-electron chi connectivity index (χ0n) is 19.7. The van der Waals surface area contributed by atoms with Gasteiger partial charge in [-0.15, -0.1) is 0 Å². The second-order valence-corrected chi connectivity index (χ2v) is 10.2. The number of rotatable bonds is 7. The number of nitrogens with one attached hydrogen (secondary N) is 2. The Hall–Kier alpha value is -3.35. The van der Waals surface area contributed by atoms with Crippen LogP contribution >= 0.6 is 0 Å². The third-order valence-electron chi connectivity index (χ3n) is 7.82. The van der Waals surface area contributed by atoms with Gasteiger partial charge in [0.05, 0.1) is 0 Å². The normalized spacial score (nSPS) is 25.0. The fourth-order valence-electron chi connectivity index (χ4n) is 6.11. The molecular formula is C28H32N2O5. The van der Waals surface area contributed by atoms with E-state index in [2.05, 4.69) is 34.9 Å². The number of carboxylic acid groups (broad SMARTS) is 1. The molecule has 35 heavy (non-hydrogen) atoms. The van der Waals surface area contributed by atoms with Crippen molar-refractivity contribution in [2.24, 2.45) is 11.8 Å². The molecule has 3 N–H and O–H groups in total. The predicted octanol–water partition coefficient (Wildman–Crippen LogP) is 4.45. The van der Waals surface area contributed by atoms with E-state index < -0.39 is 12.1 Å². The lowest BCUT2D eigenvalue weighted by Crippen LogP contribution is -2.38. The summed E-state index contributed by atoms with van der Waals surface area (Å²) in [7, 11) is 0. The van der Waals surface area contributed by atoms with E-state index in [9.17, 15) is 14.4 Å². The Kier molecular flexibility index (Phi) is 6.75. The number of alkyl carbamates (subject to hydrolysis) is 1. The summed E-state index contributed by atoms with van der Waals surface area (Å²) in [6.07, 6.45) is 4.20. The predicted molar refractivity (Wildman–Crippen MR) is 131 cm³/mol. The van der Waals surface area contributed by atoms with Gasteiger partial charge in [-0.25, -0.2) is 4.79 Å². The molecule has 2 aromatic carbocycles. The number of carboxylic acids is 1. The molecule has 0 spiro atoms. The van der Waals surface area contributed by atoms with Gasteiger partial charge < -0.3 is 20.5 Å². The Morgan fingerprint density at radius 3 is 2.14 bits per heavy atom. The van der Waals surface area contributed by atoms with Crippen molar-refractivity contribution in [3.63, 3.8) is 0 Å². The van der Waals surface area contributed by atoms with Crippen LogP contribution in [-0.4, -0.2) is 41.8 Å². The summed E-state index contributed by atoms with van der Waals surface area (Å²) in [5.41, 5.74) is 4.74. The maximum absolute atomic E-state index is 12.7. The van der Waals surface area contributed by atoms with Gasteiger partial charge in [-0.1, -0.05) is 48.5 Å². The van der Waals surface area contributed by atoms with Gasteiger partial charge in [0.2, 0.25) is 5.91 Å². The summed E-state index contributed by atoms with van der Waals surface area (Å²) in [4.78, 5) is 36.2. The van der Waals surface area contributed by atoms with E-state index in [0.717, 1.165) is 32.1 Å². The molecule has 2 saturated carbocycles. The van der Waals surface area contributed by atoms with E-state index in [-0.39, 0.29) is 48.8 Å². The second-order valence-electron chi connectivity index (χ2n) is 10.2. The van der Waals surface area contributed by atoms with Crippen LogP contribution in [-0.2, 0) is 14.3 Å². The first-order valence-corrected chi connectivity index (χ1v) is 12.6. The number of amides is 2. The summed E-state index contributed by atoms with van der Waals surface area (Å²) >= 11 is 0. The number of carbonyl (C=O) groups is 3. The molecule has 0 saturated heterocycles. The fraction of sp³-hybridized carbons (Fsp3) is 0.464. The smallest absolute Gasteiger partial charge is 0.407 e. The largest absolute Gasteiger partial charge is 0.481 e. The highest BCUT2D eigenvalue weighted by atomic mass is 16.5. The zero-order valence-corrected chi connectivity index (χ0v) is 19.7. The van der Waals surface area contributed by atoms with Crippen molar-refractivity contribution in [1.29, 1.82) is 0 Å². The number of hydrogen-bond donors (Lipinski definition) is 3. The number of aliphatic carboxylic acids is 1. The van der Waals surface area contributed by atoms with Crippen LogP contribution < -0.4 is 10.6 Å². The summed E-state index contributed by atoms with van der Waals surface area (Å²) < 4.78 is 5.65. The van der Waals surface area contributed by atoms with Crippen LogP contribution in [0.2, 0.25) is 0 Å². The van der Waals surface area contributed by atoms with E-state index in [4.69, 9.17) is 9.84 Å². The molecule has 3 aliphatic rings. The van der Waals surface area contributed by atoms with Crippen LogP contribution in [0, 0.1) is 11.8 Å². The Balaban J connectivity index is 1.09. The molecule has 0 aliphatic heterocycles. The minimum Gasteiger partial charge on any atom is -0.481 e. The van der Waals surface area contributed by atoms with E-state index in [1.54, 1.807) is 0 Å². The summed E-state index contributed by atoms with van der Waals surface area (Å²) in [6, 6.07) is 16.5. The van der Waals surface area contributed by atoms with Crippen LogP contribution in [0.25, 0.3) is 11.1 Å². The molecule has 7 heteroatoms. The lowest BCUT2D eigenvalue weighted by atomic mass is 9.98. The third kappa shape index (κ3) is 5.19. The molecule has 0 radical (unpaired) electrons. The first-order chi connectivity index (χ1) is 17.0. The van der Waals surface area contributed by atoms with Gasteiger partial charge in [-0.3, -0.25) is 9.59 Å². The molecular weight excluding hydrogens is 444 g/mol. The first-order valence-electron chi connectivity index (χ1n) is 12.6. The minimum absolute atomic E-state index is 0.0165.